The van der Waals surface area contributed by atoms with Gasteiger partial charge in [-0.25, -0.2) is 5.01 Å². The fraction of sp³-hybridized carbons (Fsp3) is 0.423. The average molecular weight is 465 g/mol. The third kappa shape index (κ3) is 4.92. The number of piperidine rings is 1. The summed E-state index contributed by atoms with van der Waals surface area (Å²) in [6.07, 6.45) is 1.95. The number of rotatable bonds is 7. The Balaban J connectivity index is 1.60. The van der Waals surface area contributed by atoms with Crippen molar-refractivity contribution in [3.63, 3.8) is 0 Å². The topological polar surface area (TPSA) is 97.5 Å². The molecule has 1 saturated heterocycles. The minimum atomic E-state index is -0.257. The summed E-state index contributed by atoms with van der Waals surface area (Å²) in [4.78, 5) is 27.1. The van der Waals surface area contributed by atoms with Gasteiger partial charge in [-0.2, -0.15) is 5.10 Å². The van der Waals surface area contributed by atoms with E-state index in [1.165, 1.54) is 0 Å². The van der Waals surface area contributed by atoms with Gasteiger partial charge in [0.05, 0.1) is 32.5 Å². The largest absolute Gasteiger partial charge is 0.497 e. The van der Waals surface area contributed by atoms with Crippen LogP contribution in [-0.2, 0) is 9.59 Å². The van der Waals surface area contributed by atoms with E-state index in [2.05, 4.69) is 24.0 Å². The highest BCUT2D eigenvalue weighted by Gasteiger charge is 2.36. The number of hydrazone groups is 1. The van der Waals surface area contributed by atoms with E-state index in [-0.39, 0.29) is 30.3 Å². The number of nitrogens with zero attached hydrogens (tertiary/aromatic N) is 3. The second-order valence-electron chi connectivity index (χ2n) is 8.88. The Morgan fingerprint density at radius 3 is 2.47 bits per heavy atom. The van der Waals surface area contributed by atoms with Crippen LogP contribution in [0, 0.1) is 12.8 Å². The monoisotopic (exact) mass is 464 g/mol. The summed E-state index contributed by atoms with van der Waals surface area (Å²) in [6.45, 7) is 3.65. The molecule has 0 saturated carbocycles. The second kappa shape index (κ2) is 10.3. The first kappa shape index (κ1) is 23.8. The van der Waals surface area contributed by atoms with Crippen LogP contribution < -0.4 is 15.2 Å². The standard InChI is InChI=1S/C26H32N4O4/c1-17-6-4-5-7-20(17)23-15-22(21-9-8-19(33-2)14-24(21)34-3)28-30(23)25(31)16-29-12-10-18(11-13-29)26(27)32/h4-9,14,18,23H,10-13,15-16H2,1-3H3,(H2,27,32). The van der Waals surface area contributed by atoms with Gasteiger partial charge in [-0.15, -0.1) is 0 Å². The highest BCUT2D eigenvalue weighted by molar-refractivity contribution is 6.05. The Bertz CT molecular complexity index is 1090. The summed E-state index contributed by atoms with van der Waals surface area (Å²) in [5.74, 6) is 0.928. The molecular formula is C26H32N4O4. The van der Waals surface area contributed by atoms with Crippen molar-refractivity contribution in [2.45, 2.75) is 32.2 Å². The van der Waals surface area contributed by atoms with Crippen molar-refractivity contribution in [2.75, 3.05) is 33.9 Å². The van der Waals surface area contributed by atoms with Crippen molar-refractivity contribution in [2.24, 2.45) is 16.8 Å². The first-order chi connectivity index (χ1) is 16.4. The van der Waals surface area contributed by atoms with Crippen molar-refractivity contribution in [1.29, 1.82) is 0 Å². The number of methoxy groups -OCH3 is 2. The predicted octanol–water partition coefficient (Wildman–Crippen LogP) is 2.89. The van der Waals surface area contributed by atoms with Gasteiger partial charge in [-0.3, -0.25) is 14.5 Å². The molecule has 0 bridgehead atoms. The van der Waals surface area contributed by atoms with Crippen LogP contribution in [-0.4, -0.2) is 61.3 Å². The molecule has 2 heterocycles. The Hall–Kier alpha value is -3.39. The minimum Gasteiger partial charge on any atom is -0.497 e. The van der Waals surface area contributed by atoms with Crippen LogP contribution in [0.4, 0.5) is 0 Å². The lowest BCUT2D eigenvalue weighted by atomic mass is 9.94. The third-order valence-electron chi connectivity index (χ3n) is 6.78. The number of hydrogen-bond acceptors (Lipinski definition) is 6. The van der Waals surface area contributed by atoms with Gasteiger partial charge in [0.2, 0.25) is 5.91 Å². The average Bonchev–Trinajstić information content (AvgIpc) is 3.29. The van der Waals surface area contributed by atoms with E-state index < -0.39 is 0 Å². The van der Waals surface area contributed by atoms with Gasteiger partial charge >= 0.3 is 0 Å². The zero-order valence-electron chi connectivity index (χ0n) is 20.0. The summed E-state index contributed by atoms with van der Waals surface area (Å²) in [7, 11) is 3.23. The van der Waals surface area contributed by atoms with Crippen molar-refractivity contribution >= 4 is 17.5 Å². The van der Waals surface area contributed by atoms with E-state index in [1.54, 1.807) is 19.2 Å². The summed E-state index contributed by atoms with van der Waals surface area (Å²) in [5.41, 5.74) is 9.30. The maximum atomic E-state index is 13.5. The van der Waals surface area contributed by atoms with Crippen molar-refractivity contribution in [3.8, 4) is 11.5 Å². The van der Waals surface area contributed by atoms with Crippen LogP contribution in [0.3, 0.4) is 0 Å². The second-order valence-corrected chi connectivity index (χ2v) is 8.88. The van der Waals surface area contributed by atoms with Gasteiger partial charge in [0.15, 0.2) is 0 Å². The van der Waals surface area contributed by atoms with Crippen LogP contribution >= 0.6 is 0 Å². The number of carbonyl (C=O) groups excluding carboxylic acids is 2. The molecule has 34 heavy (non-hydrogen) atoms. The summed E-state index contributed by atoms with van der Waals surface area (Å²) >= 11 is 0. The molecule has 4 rings (SSSR count). The molecule has 2 amide bonds. The van der Waals surface area contributed by atoms with Crippen LogP contribution in [0.5, 0.6) is 11.5 Å². The third-order valence-corrected chi connectivity index (χ3v) is 6.78. The molecule has 2 aromatic rings. The van der Waals surface area contributed by atoms with E-state index in [0.29, 0.717) is 43.9 Å². The highest BCUT2D eigenvalue weighted by Crippen LogP contribution is 2.37. The quantitative estimate of drug-likeness (QED) is 0.680. The maximum absolute atomic E-state index is 13.5. The molecule has 0 aromatic heterocycles. The Morgan fingerprint density at radius 1 is 1.09 bits per heavy atom. The lowest BCUT2D eigenvalue weighted by Gasteiger charge is -2.31. The molecule has 2 N–H and O–H groups in total. The molecule has 2 aliphatic rings. The number of aryl methyl sites for hydroxylation is 1. The molecule has 1 atom stereocenters. The predicted molar refractivity (Wildman–Crippen MR) is 130 cm³/mol. The normalized spacial score (nSPS) is 19.1. The van der Waals surface area contributed by atoms with Crippen molar-refractivity contribution < 1.29 is 19.1 Å². The summed E-state index contributed by atoms with van der Waals surface area (Å²) < 4.78 is 10.9. The zero-order valence-corrected chi connectivity index (χ0v) is 20.0. The number of likely N-dealkylation sites (tertiary alicyclic amines) is 1. The number of amides is 2. The van der Waals surface area contributed by atoms with Crippen molar-refractivity contribution in [1.82, 2.24) is 9.91 Å². The Kier molecular flexibility index (Phi) is 7.17. The molecule has 8 heteroatoms. The fourth-order valence-electron chi connectivity index (χ4n) is 4.78. The van der Waals surface area contributed by atoms with Crippen LogP contribution in [0.25, 0.3) is 0 Å². The number of hydrogen-bond donors (Lipinski definition) is 1. The van der Waals surface area contributed by atoms with Gasteiger partial charge < -0.3 is 15.2 Å². The smallest absolute Gasteiger partial charge is 0.257 e. The first-order valence-electron chi connectivity index (χ1n) is 11.6. The van der Waals surface area contributed by atoms with E-state index in [9.17, 15) is 9.59 Å². The molecule has 2 aromatic carbocycles. The van der Waals surface area contributed by atoms with E-state index in [4.69, 9.17) is 20.3 Å². The van der Waals surface area contributed by atoms with Gasteiger partial charge in [-0.05, 0) is 56.1 Å². The van der Waals surface area contributed by atoms with Crippen LogP contribution in [0.2, 0.25) is 0 Å². The molecule has 0 aliphatic carbocycles. The van der Waals surface area contributed by atoms with Gasteiger partial charge in [0, 0.05) is 24.0 Å². The number of primary amides is 1. The number of ether oxygens (including phenoxy) is 2. The molecule has 0 spiro atoms. The highest BCUT2D eigenvalue weighted by atomic mass is 16.5. The lowest BCUT2D eigenvalue weighted by molar-refractivity contribution is -0.134. The molecule has 180 valence electrons. The zero-order chi connectivity index (χ0) is 24.2. The molecule has 1 unspecified atom stereocenters. The first-order valence-corrected chi connectivity index (χ1v) is 11.6. The maximum Gasteiger partial charge on any atom is 0.257 e. The number of benzene rings is 2. The SMILES string of the molecule is COc1ccc(C2=NN(C(=O)CN3CCC(C(N)=O)CC3)C(c3ccccc3C)C2)c(OC)c1. The lowest BCUT2D eigenvalue weighted by Crippen LogP contribution is -2.44. The number of nitrogens with two attached hydrogens (primary N) is 1. The molecule has 1 fully saturated rings. The van der Waals surface area contributed by atoms with Crippen LogP contribution in [0.1, 0.15) is 42.0 Å². The molecule has 2 aliphatic heterocycles. The van der Waals surface area contributed by atoms with Crippen LogP contribution in [0.15, 0.2) is 47.6 Å². The summed E-state index contributed by atoms with van der Waals surface area (Å²) in [6, 6.07) is 13.5. The van der Waals surface area contributed by atoms with E-state index in [1.807, 2.05) is 30.3 Å². The molecule has 0 radical (unpaired) electrons. The van der Waals surface area contributed by atoms with Gasteiger partial charge in [-0.1, -0.05) is 24.3 Å². The number of carbonyl (C=O) groups is 2. The van der Waals surface area contributed by atoms with Crippen molar-refractivity contribution in [3.05, 3.63) is 59.2 Å². The Labute approximate surface area is 200 Å². The molecular weight excluding hydrogens is 432 g/mol. The Morgan fingerprint density at radius 2 is 1.82 bits per heavy atom. The molecule has 8 nitrogen and oxygen atoms in total. The van der Waals surface area contributed by atoms with Gasteiger partial charge in [0.1, 0.15) is 11.5 Å². The van der Waals surface area contributed by atoms with E-state index in [0.717, 1.165) is 22.4 Å². The van der Waals surface area contributed by atoms with Gasteiger partial charge in [0.25, 0.3) is 5.91 Å². The summed E-state index contributed by atoms with van der Waals surface area (Å²) in [5, 5.41) is 6.44. The fourth-order valence-corrected chi connectivity index (χ4v) is 4.78. The minimum absolute atomic E-state index is 0.0618. The van der Waals surface area contributed by atoms with E-state index >= 15 is 0 Å².